The zero-order chi connectivity index (χ0) is 10.8. The fourth-order valence-corrected chi connectivity index (χ4v) is 1.54. The number of nitrogens with one attached hydrogen (secondary N) is 1. The van der Waals surface area contributed by atoms with Gasteiger partial charge in [0.2, 0.25) is 0 Å². The quantitative estimate of drug-likeness (QED) is 0.849. The molecule has 0 radical (unpaired) electrons. The highest BCUT2D eigenvalue weighted by Crippen LogP contribution is 2.26. The molecule has 0 amide bonds. The standard InChI is InChI=1S/C9H8Cl2N4/c10-6-2-1-5(3-7(6)11)8(12)9-13-4-14-15-9/h1-4,8H,12H2,(H,13,14,15). The molecule has 1 aromatic heterocycles. The zero-order valence-electron chi connectivity index (χ0n) is 7.61. The van der Waals surface area contributed by atoms with Crippen LogP contribution in [0.4, 0.5) is 0 Å². The van der Waals surface area contributed by atoms with Gasteiger partial charge in [-0.1, -0.05) is 29.3 Å². The largest absolute Gasteiger partial charge is 0.318 e. The predicted molar refractivity (Wildman–Crippen MR) is 58.9 cm³/mol. The average molecular weight is 243 g/mol. The predicted octanol–water partition coefficient (Wildman–Crippen LogP) is 2.16. The molecule has 78 valence electrons. The topological polar surface area (TPSA) is 67.6 Å². The summed E-state index contributed by atoms with van der Waals surface area (Å²) in [4.78, 5) is 3.98. The summed E-state index contributed by atoms with van der Waals surface area (Å²) < 4.78 is 0. The van der Waals surface area contributed by atoms with Gasteiger partial charge in [0.15, 0.2) is 0 Å². The maximum atomic E-state index is 5.94. The fraction of sp³-hybridized carbons (Fsp3) is 0.111. The Morgan fingerprint density at radius 2 is 2.07 bits per heavy atom. The zero-order valence-corrected chi connectivity index (χ0v) is 9.13. The second-order valence-corrected chi connectivity index (χ2v) is 3.84. The van der Waals surface area contributed by atoms with Crippen molar-refractivity contribution in [2.24, 2.45) is 5.73 Å². The molecule has 0 bridgehead atoms. The van der Waals surface area contributed by atoms with Crippen LogP contribution < -0.4 is 5.73 Å². The monoisotopic (exact) mass is 242 g/mol. The highest BCUT2D eigenvalue weighted by Gasteiger charge is 2.12. The van der Waals surface area contributed by atoms with Crippen molar-refractivity contribution in [3.8, 4) is 0 Å². The molecular formula is C9H8Cl2N4. The van der Waals surface area contributed by atoms with E-state index >= 15 is 0 Å². The van der Waals surface area contributed by atoms with Crippen LogP contribution >= 0.6 is 23.2 Å². The van der Waals surface area contributed by atoms with Crippen LogP contribution in [0.15, 0.2) is 24.5 Å². The van der Waals surface area contributed by atoms with E-state index in [9.17, 15) is 0 Å². The summed E-state index contributed by atoms with van der Waals surface area (Å²) in [6.45, 7) is 0. The Morgan fingerprint density at radius 3 is 2.67 bits per heavy atom. The highest BCUT2D eigenvalue weighted by atomic mass is 35.5. The first-order valence-corrected chi connectivity index (χ1v) is 5.00. The van der Waals surface area contributed by atoms with Crippen molar-refractivity contribution >= 4 is 23.2 Å². The Bertz CT molecular complexity index is 455. The van der Waals surface area contributed by atoms with Gasteiger partial charge in [-0.2, -0.15) is 5.10 Å². The van der Waals surface area contributed by atoms with Gasteiger partial charge in [0.05, 0.1) is 16.1 Å². The molecule has 4 nitrogen and oxygen atoms in total. The Hall–Kier alpha value is -1.10. The van der Waals surface area contributed by atoms with Crippen LogP contribution in [0.3, 0.4) is 0 Å². The van der Waals surface area contributed by atoms with Crippen LogP contribution in [-0.2, 0) is 0 Å². The third-order valence-electron chi connectivity index (χ3n) is 2.03. The molecule has 0 aliphatic heterocycles. The van der Waals surface area contributed by atoms with Crippen molar-refractivity contribution in [1.29, 1.82) is 0 Å². The maximum Gasteiger partial charge on any atom is 0.145 e. The van der Waals surface area contributed by atoms with Crippen LogP contribution in [0.5, 0.6) is 0 Å². The number of hydrogen-bond acceptors (Lipinski definition) is 3. The number of benzene rings is 1. The van der Waals surface area contributed by atoms with Gasteiger partial charge in [-0.25, -0.2) is 4.98 Å². The molecule has 0 saturated carbocycles. The van der Waals surface area contributed by atoms with Gasteiger partial charge in [0, 0.05) is 0 Å². The van der Waals surface area contributed by atoms with Crippen molar-refractivity contribution in [2.75, 3.05) is 0 Å². The molecule has 1 aromatic carbocycles. The van der Waals surface area contributed by atoms with Crippen LogP contribution in [0.25, 0.3) is 0 Å². The molecule has 2 aromatic rings. The van der Waals surface area contributed by atoms with Crippen molar-refractivity contribution in [1.82, 2.24) is 15.2 Å². The van der Waals surface area contributed by atoms with Gasteiger partial charge in [-0.3, -0.25) is 5.10 Å². The summed E-state index contributed by atoms with van der Waals surface area (Å²) in [5, 5.41) is 7.42. The van der Waals surface area contributed by atoms with Crippen molar-refractivity contribution in [3.05, 3.63) is 46.0 Å². The lowest BCUT2D eigenvalue weighted by atomic mass is 10.1. The lowest BCUT2D eigenvalue weighted by molar-refractivity contribution is 0.787. The molecule has 1 atom stereocenters. The molecular weight excluding hydrogens is 235 g/mol. The van der Waals surface area contributed by atoms with E-state index in [1.165, 1.54) is 6.33 Å². The van der Waals surface area contributed by atoms with E-state index in [0.717, 1.165) is 5.56 Å². The smallest absolute Gasteiger partial charge is 0.145 e. The van der Waals surface area contributed by atoms with E-state index in [1.807, 2.05) is 0 Å². The Kier molecular flexibility index (Phi) is 2.90. The Labute approximate surface area is 96.4 Å². The first-order valence-electron chi connectivity index (χ1n) is 4.24. The number of aromatic amines is 1. The third kappa shape index (κ3) is 2.12. The number of rotatable bonds is 2. The SMILES string of the molecule is NC(c1ccc(Cl)c(Cl)c1)c1ncn[nH]1. The van der Waals surface area contributed by atoms with Crippen LogP contribution in [0.2, 0.25) is 10.0 Å². The number of halogens is 2. The molecule has 0 saturated heterocycles. The Balaban J connectivity index is 2.34. The van der Waals surface area contributed by atoms with Crippen molar-refractivity contribution in [3.63, 3.8) is 0 Å². The molecule has 0 aliphatic carbocycles. The lowest BCUT2D eigenvalue weighted by Crippen LogP contribution is -2.13. The first-order chi connectivity index (χ1) is 7.18. The molecule has 3 N–H and O–H groups in total. The van der Waals surface area contributed by atoms with Gasteiger partial charge in [-0.05, 0) is 17.7 Å². The van der Waals surface area contributed by atoms with Gasteiger partial charge >= 0.3 is 0 Å². The second kappa shape index (κ2) is 4.18. The summed E-state index contributed by atoms with van der Waals surface area (Å²) in [7, 11) is 0. The minimum absolute atomic E-state index is 0.373. The van der Waals surface area contributed by atoms with Gasteiger partial charge < -0.3 is 5.73 Å². The molecule has 0 aliphatic rings. The van der Waals surface area contributed by atoms with Crippen molar-refractivity contribution in [2.45, 2.75) is 6.04 Å². The summed E-state index contributed by atoms with van der Waals surface area (Å²) >= 11 is 11.7. The van der Waals surface area contributed by atoms with E-state index in [-0.39, 0.29) is 6.04 Å². The number of H-pyrrole nitrogens is 1. The number of hydrogen-bond donors (Lipinski definition) is 2. The summed E-state index contributed by atoms with van der Waals surface area (Å²) in [5.41, 5.74) is 6.78. The van der Waals surface area contributed by atoms with Gasteiger partial charge in [0.1, 0.15) is 12.2 Å². The minimum Gasteiger partial charge on any atom is -0.318 e. The lowest BCUT2D eigenvalue weighted by Gasteiger charge is -2.09. The normalized spacial score (nSPS) is 12.7. The average Bonchev–Trinajstić information content (AvgIpc) is 2.74. The minimum atomic E-state index is -0.373. The van der Waals surface area contributed by atoms with Gasteiger partial charge in [-0.15, -0.1) is 0 Å². The van der Waals surface area contributed by atoms with Crippen LogP contribution in [-0.4, -0.2) is 15.2 Å². The van der Waals surface area contributed by atoms with E-state index in [0.29, 0.717) is 15.9 Å². The first kappa shape index (κ1) is 10.4. The van der Waals surface area contributed by atoms with E-state index in [2.05, 4.69) is 15.2 Å². The van der Waals surface area contributed by atoms with Crippen LogP contribution in [0.1, 0.15) is 17.4 Å². The highest BCUT2D eigenvalue weighted by molar-refractivity contribution is 6.42. The molecule has 1 heterocycles. The van der Waals surface area contributed by atoms with E-state index in [1.54, 1.807) is 18.2 Å². The van der Waals surface area contributed by atoms with E-state index in [4.69, 9.17) is 28.9 Å². The third-order valence-corrected chi connectivity index (χ3v) is 2.77. The molecule has 0 spiro atoms. The Morgan fingerprint density at radius 1 is 1.27 bits per heavy atom. The number of nitrogens with zero attached hydrogens (tertiary/aromatic N) is 2. The number of aromatic nitrogens is 3. The molecule has 6 heteroatoms. The van der Waals surface area contributed by atoms with Gasteiger partial charge in [0.25, 0.3) is 0 Å². The summed E-state index contributed by atoms with van der Waals surface area (Å²) in [6, 6.07) is 4.86. The fourth-order valence-electron chi connectivity index (χ4n) is 1.23. The summed E-state index contributed by atoms with van der Waals surface area (Å²) in [5.74, 6) is 0.591. The van der Waals surface area contributed by atoms with Crippen LogP contribution in [0, 0.1) is 0 Å². The van der Waals surface area contributed by atoms with Crippen molar-refractivity contribution < 1.29 is 0 Å². The second-order valence-electron chi connectivity index (χ2n) is 3.02. The molecule has 15 heavy (non-hydrogen) atoms. The molecule has 0 fully saturated rings. The summed E-state index contributed by atoms with van der Waals surface area (Å²) in [6.07, 6.45) is 1.41. The molecule has 2 rings (SSSR count). The maximum absolute atomic E-state index is 5.94. The molecule has 1 unspecified atom stereocenters. The number of nitrogens with two attached hydrogens (primary N) is 1. The van der Waals surface area contributed by atoms with E-state index < -0.39 is 0 Å².